The van der Waals surface area contributed by atoms with Gasteiger partial charge >= 0.3 is 0 Å². The molecule has 0 fully saturated rings. The average molecular weight is 253 g/mol. The highest BCUT2D eigenvalue weighted by atomic mass is 35.5. The SMILES string of the molecule is ClCCc1ccc(NCc2cncs2)cc1. The van der Waals surface area contributed by atoms with Crippen LogP contribution in [0.2, 0.25) is 0 Å². The fourth-order valence-electron chi connectivity index (χ4n) is 1.42. The first-order chi connectivity index (χ1) is 7.88. The second-order valence-corrected chi connectivity index (χ2v) is 4.81. The van der Waals surface area contributed by atoms with Crippen LogP contribution in [0, 0.1) is 0 Å². The van der Waals surface area contributed by atoms with Gasteiger partial charge in [0.1, 0.15) is 0 Å². The number of benzene rings is 1. The lowest BCUT2D eigenvalue weighted by Gasteiger charge is -2.05. The van der Waals surface area contributed by atoms with E-state index in [4.69, 9.17) is 11.6 Å². The molecule has 2 rings (SSSR count). The third-order valence-electron chi connectivity index (χ3n) is 2.29. The monoisotopic (exact) mass is 252 g/mol. The molecular weight excluding hydrogens is 240 g/mol. The number of rotatable bonds is 5. The molecule has 84 valence electrons. The van der Waals surface area contributed by atoms with E-state index in [-0.39, 0.29) is 0 Å². The molecule has 0 radical (unpaired) electrons. The summed E-state index contributed by atoms with van der Waals surface area (Å²) in [4.78, 5) is 5.28. The fraction of sp³-hybridized carbons (Fsp3) is 0.250. The van der Waals surface area contributed by atoms with E-state index in [2.05, 4.69) is 34.6 Å². The lowest BCUT2D eigenvalue weighted by atomic mass is 10.1. The molecule has 0 atom stereocenters. The Bertz CT molecular complexity index is 411. The van der Waals surface area contributed by atoms with E-state index < -0.39 is 0 Å². The van der Waals surface area contributed by atoms with Gasteiger partial charge in [-0.3, -0.25) is 4.98 Å². The molecule has 16 heavy (non-hydrogen) atoms. The van der Waals surface area contributed by atoms with Gasteiger partial charge in [-0.1, -0.05) is 12.1 Å². The van der Waals surface area contributed by atoms with Crippen LogP contribution in [0.1, 0.15) is 10.4 Å². The normalized spacial score (nSPS) is 10.3. The highest BCUT2D eigenvalue weighted by molar-refractivity contribution is 7.09. The second kappa shape index (κ2) is 5.87. The van der Waals surface area contributed by atoms with Gasteiger partial charge in [-0.2, -0.15) is 0 Å². The number of alkyl halides is 1. The van der Waals surface area contributed by atoms with E-state index in [0.29, 0.717) is 5.88 Å². The molecule has 1 heterocycles. The van der Waals surface area contributed by atoms with Crippen molar-refractivity contribution in [2.45, 2.75) is 13.0 Å². The number of thiazole rings is 1. The molecule has 0 unspecified atom stereocenters. The molecule has 1 N–H and O–H groups in total. The second-order valence-electron chi connectivity index (χ2n) is 3.46. The third-order valence-corrected chi connectivity index (χ3v) is 3.26. The van der Waals surface area contributed by atoms with E-state index >= 15 is 0 Å². The molecule has 0 saturated heterocycles. The minimum Gasteiger partial charge on any atom is -0.380 e. The number of hydrogen-bond acceptors (Lipinski definition) is 3. The lowest BCUT2D eigenvalue weighted by Crippen LogP contribution is -1.97. The van der Waals surface area contributed by atoms with Crippen LogP contribution in [0.3, 0.4) is 0 Å². The molecule has 0 aliphatic carbocycles. The summed E-state index contributed by atoms with van der Waals surface area (Å²) in [6.45, 7) is 0.833. The summed E-state index contributed by atoms with van der Waals surface area (Å²) in [6.07, 6.45) is 2.82. The van der Waals surface area contributed by atoms with Gasteiger partial charge in [0.05, 0.1) is 12.1 Å². The number of aromatic nitrogens is 1. The maximum Gasteiger partial charge on any atom is 0.0794 e. The zero-order valence-electron chi connectivity index (χ0n) is 8.82. The molecule has 0 bridgehead atoms. The van der Waals surface area contributed by atoms with Crippen molar-refractivity contribution in [3.05, 3.63) is 46.4 Å². The third kappa shape index (κ3) is 3.22. The van der Waals surface area contributed by atoms with E-state index in [9.17, 15) is 0 Å². The van der Waals surface area contributed by atoms with Gasteiger partial charge in [0.2, 0.25) is 0 Å². The first-order valence-electron chi connectivity index (χ1n) is 5.14. The van der Waals surface area contributed by atoms with Crippen LogP contribution in [0.5, 0.6) is 0 Å². The van der Waals surface area contributed by atoms with Crippen molar-refractivity contribution >= 4 is 28.6 Å². The Morgan fingerprint density at radius 3 is 2.69 bits per heavy atom. The van der Waals surface area contributed by atoms with Crippen LogP contribution < -0.4 is 5.32 Å². The molecule has 4 heteroatoms. The summed E-state index contributed by atoms with van der Waals surface area (Å²) < 4.78 is 0. The van der Waals surface area contributed by atoms with Gasteiger partial charge in [-0.05, 0) is 24.1 Å². The van der Waals surface area contributed by atoms with Crippen molar-refractivity contribution in [2.75, 3.05) is 11.2 Å². The van der Waals surface area contributed by atoms with E-state index in [0.717, 1.165) is 18.7 Å². The summed E-state index contributed by atoms with van der Waals surface area (Å²) >= 11 is 7.35. The van der Waals surface area contributed by atoms with E-state index in [1.807, 2.05) is 11.7 Å². The van der Waals surface area contributed by atoms with Gasteiger partial charge in [-0.15, -0.1) is 22.9 Å². The molecule has 1 aromatic carbocycles. The van der Waals surface area contributed by atoms with Crippen LogP contribution in [0.4, 0.5) is 5.69 Å². The van der Waals surface area contributed by atoms with Crippen LogP contribution in [-0.2, 0) is 13.0 Å². The van der Waals surface area contributed by atoms with Crippen molar-refractivity contribution < 1.29 is 0 Å². The largest absolute Gasteiger partial charge is 0.380 e. The van der Waals surface area contributed by atoms with Gasteiger partial charge < -0.3 is 5.32 Å². The summed E-state index contributed by atoms with van der Waals surface area (Å²) in [7, 11) is 0. The lowest BCUT2D eigenvalue weighted by molar-refractivity contribution is 1.14. The molecule has 0 aliphatic heterocycles. The Balaban J connectivity index is 1.90. The topological polar surface area (TPSA) is 24.9 Å². The van der Waals surface area contributed by atoms with Crippen LogP contribution in [0.25, 0.3) is 0 Å². The Morgan fingerprint density at radius 1 is 1.25 bits per heavy atom. The van der Waals surface area contributed by atoms with Crippen molar-refractivity contribution in [1.29, 1.82) is 0 Å². The highest BCUT2D eigenvalue weighted by Crippen LogP contribution is 2.13. The first-order valence-corrected chi connectivity index (χ1v) is 6.56. The maximum atomic E-state index is 5.68. The fourth-order valence-corrected chi connectivity index (χ4v) is 2.17. The molecule has 2 nitrogen and oxygen atoms in total. The number of anilines is 1. The van der Waals surface area contributed by atoms with Gasteiger partial charge in [-0.25, -0.2) is 0 Å². The summed E-state index contributed by atoms with van der Waals surface area (Å²) in [5.74, 6) is 0.674. The quantitative estimate of drug-likeness (QED) is 0.824. The average Bonchev–Trinajstić information content (AvgIpc) is 2.82. The van der Waals surface area contributed by atoms with E-state index in [1.54, 1.807) is 11.3 Å². The van der Waals surface area contributed by atoms with Crippen molar-refractivity contribution in [3.63, 3.8) is 0 Å². The Morgan fingerprint density at radius 2 is 2.06 bits per heavy atom. The molecule has 0 aliphatic rings. The van der Waals surface area contributed by atoms with Gasteiger partial charge in [0.25, 0.3) is 0 Å². The van der Waals surface area contributed by atoms with E-state index in [1.165, 1.54) is 10.4 Å². The smallest absolute Gasteiger partial charge is 0.0794 e. The van der Waals surface area contributed by atoms with Crippen molar-refractivity contribution in [2.24, 2.45) is 0 Å². The molecular formula is C12H13ClN2S. The van der Waals surface area contributed by atoms with Crippen LogP contribution in [-0.4, -0.2) is 10.9 Å². The number of nitrogens with one attached hydrogen (secondary N) is 1. The zero-order chi connectivity index (χ0) is 11.2. The van der Waals surface area contributed by atoms with Gasteiger partial charge in [0, 0.05) is 22.6 Å². The minimum absolute atomic E-state index is 0.674. The highest BCUT2D eigenvalue weighted by Gasteiger charge is 1.96. The molecule has 0 saturated carbocycles. The predicted molar refractivity (Wildman–Crippen MR) is 70.3 cm³/mol. The molecule has 1 aromatic heterocycles. The van der Waals surface area contributed by atoms with Crippen LogP contribution >= 0.6 is 22.9 Å². The maximum absolute atomic E-state index is 5.68. The van der Waals surface area contributed by atoms with Crippen molar-refractivity contribution in [1.82, 2.24) is 4.98 Å². The summed E-state index contributed by atoms with van der Waals surface area (Å²) in [5, 5.41) is 3.35. The van der Waals surface area contributed by atoms with Crippen molar-refractivity contribution in [3.8, 4) is 0 Å². The molecule has 0 spiro atoms. The van der Waals surface area contributed by atoms with Crippen LogP contribution in [0.15, 0.2) is 36.0 Å². The zero-order valence-corrected chi connectivity index (χ0v) is 10.4. The summed E-state index contributed by atoms with van der Waals surface area (Å²) in [5.41, 5.74) is 4.26. The first kappa shape index (κ1) is 11.4. The summed E-state index contributed by atoms with van der Waals surface area (Å²) in [6, 6.07) is 8.39. The Labute approximate surface area is 104 Å². The predicted octanol–water partition coefficient (Wildman–Crippen LogP) is 3.54. The molecule has 2 aromatic rings. The van der Waals surface area contributed by atoms with Gasteiger partial charge in [0.15, 0.2) is 0 Å². The Kier molecular flexibility index (Phi) is 4.19. The number of hydrogen-bond donors (Lipinski definition) is 1. The number of aryl methyl sites for hydroxylation is 1. The minimum atomic E-state index is 0.674. The number of nitrogens with zero attached hydrogens (tertiary/aromatic N) is 1. The number of halogens is 1. The standard InChI is InChI=1S/C12H13ClN2S/c13-6-5-10-1-3-11(4-2-10)15-8-12-7-14-9-16-12/h1-4,7,9,15H,5-6,8H2. The Hall–Kier alpha value is -1.06. The molecule has 0 amide bonds.